The van der Waals surface area contributed by atoms with E-state index in [2.05, 4.69) is 15.1 Å². The molecule has 148 valence electrons. The van der Waals surface area contributed by atoms with Crippen LogP contribution in [0.4, 0.5) is 4.79 Å². The van der Waals surface area contributed by atoms with E-state index in [0.717, 1.165) is 11.3 Å². The molecule has 1 saturated heterocycles. The number of rotatable bonds is 5. The van der Waals surface area contributed by atoms with E-state index in [-0.39, 0.29) is 6.10 Å². The van der Waals surface area contributed by atoms with Gasteiger partial charge in [0.15, 0.2) is 0 Å². The van der Waals surface area contributed by atoms with Crippen LogP contribution in [0.25, 0.3) is 0 Å². The highest BCUT2D eigenvalue weighted by molar-refractivity contribution is 5.98. The van der Waals surface area contributed by atoms with Crippen molar-refractivity contribution >= 4 is 11.8 Å². The topological polar surface area (TPSA) is 97.1 Å². The number of ether oxygens (including phenoxy) is 1. The Bertz CT molecular complexity index is 859. The second-order valence-corrected chi connectivity index (χ2v) is 6.83. The van der Waals surface area contributed by atoms with Crippen molar-refractivity contribution in [2.45, 2.75) is 39.7 Å². The third kappa shape index (κ3) is 4.76. The summed E-state index contributed by atoms with van der Waals surface area (Å²) in [6.07, 6.45) is 1.64. The Labute approximate surface area is 163 Å². The van der Waals surface area contributed by atoms with Gasteiger partial charge in [-0.25, -0.2) is 9.78 Å². The lowest BCUT2D eigenvalue weighted by Gasteiger charge is -2.30. The molecule has 0 bridgehead atoms. The Balaban J connectivity index is 1.65. The van der Waals surface area contributed by atoms with E-state index in [1.54, 1.807) is 0 Å². The fraction of sp³-hybridized carbons (Fsp3) is 0.400. The van der Waals surface area contributed by atoms with Crippen molar-refractivity contribution in [1.82, 2.24) is 14.9 Å². The van der Waals surface area contributed by atoms with Crippen molar-refractivity contribution in [1.29, 1.82) is 0 Å². The van der Waals surface area contributed by atoms with Crippen molar-refractivity contribution in [3.8, 4) is 11.8 Å². The SMILES string of the molecule is CC(=NOc1ncnc(OC2CCN(C(=O)O)CC2)c1C)c1ccc(C)cc1. The first-order chi connectivity index (χ1) is 13.4. The first-order valence-corrected chi connectivity index (χ1v) is 9.19. The van der Waals surface area contributed by atoms with Crippen molar-refractivity contribution < 1.29 is 19.5 Å². The predicted molar refractivity (Wildman–Crippen MR) is 104 cm³/mol. The molecular formula is C20H24N4O4. The van der Waals surface area contributed by atoms with E-state index in [9.17, 15) is 4.79 Å². The second-order valence-electron chi connectivity index (χ2n) is 6.83. The predicted octanol–water partition coefficient (Wildman–Crippen LogP) is 3.42. The Morgan fingerprint density at radius 1 is 1.14 bits per heavy atom. The third-order valence-corrected chi connectivity index (χ3v) is 4.72. The smallest absolute Gasteiger partial charge is 0.407 e. The lowest BCUT2D eigenvalue weighted by atomic mass is 10.1. The Kier molecular flexibility index (Phi) is 6.08. The van der Waals surface area contributed by atoms with Crippen LogP contribution in [-0.2, 0) is 0 Å². The minimum absolute atomic E-state index is 0.0881. The number of hydrogen-bond acceptors (Lipinski definition) is 6. The van der Waals surface area contributed by atoms with E-state index in [1.807, 2.05) is 45.0 Å². The summed E-state index contributed by atoms with van der Waals surface area (Å²) in [7, 11) is 0. The fourth-order valence-electron chi connectivity index (χ4n) is 2.91. The molecule has 1 aliphatic heterocycles. The van der Waals surface area contributed by atoms with Crippen LogP contribution >= 0.6 is 0 Å². The van der Waals surface area contributed by atoms with Crippen LogP contribution < -0.4 is 9.57 Å². The lowest BCUT2D eigenvalue weighted by Crippen LogP contribution is -2.41. The molecule has 28 heavy (non-hydrogen) atoms. The molecule has 0 saturated carbocycles. The van der Waals surface area contributed by atoms with E-state index in [1.165, 1.54) is 16.8 Å². The molecule has 1 fully saturated rings. The molecule has 1 aromatic carbocycles. The Morgan fingerprint density at radius 2 is 1.79 bits per heavy atom. The first-order valence-electron chi connectivity index (χ1n) is 9.19. The number of amides is 1. The highest BCUT2D eigenvalue weighted by Crippen LogP contribution is 2.26. The summed E-state index contributed by atoms with van der Waals surface area (Å²) in [6.45, 7) is 6.62. The van der Waals surface area contributed by atoms with Gasteiger partial charge in [0, 0.05) is 25.9 Å². The molecular weight excluding hydrogens is 360 g/mol. The minimum atomic E-state index is -0.894. The van der Waals surface area contributed by atoms with E-state index >= 15 is 0 Å². The number of piperidine rings is 1. The highest BCUT2D eigenvalue weighted by Gasteiger charge is 2.24. The second kappa shape index (κ2) is 8.69. The maximum atomic E-state index is 11.0. The average Bonchev–Trinajstić information content (AvgIpc) is 2.69. The van der Waals surface area contributed by atoms with Gasteiger partial charge in [0.25, 0.3) is 5.88 Å². The van der Waals surface area contributed by atoms with Gasteiger partial charge in [0.2, 0.25) is 5.88 Å². The number of nitrogens with zero attached hydrogens (tertiary/aromatic N) is 4. The van der Waals surface area contributed by atoms with E-state index in [4.69, 9.17) is 14.7 Å². The van der Waals surface area contributed by atoms with Crippen LogP contribution in [0.3, 0.4) is 0 Å². The highest BCUT2D eigenvalue weighted by atomic mass is 16.6. The molecule has 2 aromatic rings. The summed E-state index contributed by atoms with van der Waals surface area (Å²) in [5, 5.41) is 13.2. The number of carboxylic acid groups (broad SMARTS) is 1. The molecule has 0 atom stereocenters. The summed E-state index contributed by atoms with van der Waals surface area (Å²) in [5.41, 5.74) is 3.55. The number of carbonyl (C=O) groups is 1. The summed E-state index contributed by atoms with van der Waals surface area (Å²) >= 11 is 0. The summed E-state index contributed by atoms with van der Waals surface area (Å²) in [6, 6.07) is 8.02. The molecule has 0 radical (unpaired) electrons. The van der Waals surface area contributed by atoms with Crippen LogP contribution in [0.5, 0.6) is 11.8 Å². The van der Waals surface area contributed by atoms with Crippen molar-refractivity contribution in [2.24, 2.45) is 5.16 Å². The monoisotopic (exact) mass is 384 g/mol. The fourth-order valence-corrected chi connectivity index (χ4v) is 2.91. The molecule has 2 heterocycles. The number of hydrogen-bond donors (Lipinski definition) is 1. The Morgan fingerprint density at radius 3 is 2.43 bits per heavy atom. The molecule has 8 heteroatoms. The van der Waals surface area contributed by atoms with Gasteiger partial charge >= 0.3 is 6.09 Å². The lowest BCUT2D eigenvalue weighted by molar-refractivity contribution is 0.0863. The van der Waals surface area contributed by atoms with Gasteiger partial charge in [-0.3, -0.25) is 0 Å². The van der Waals surface area contributed by atoms with Crippen molar-refractivity contribution in [2.75, 3.05) is 13.1 Å². The molecule has 3 rings (SSSR count). The molecule has 0 spiro atoms. The zero-order valence-electron chi connectivity index (χ0n) is 16.3. The molecule has 1 amide bonds. The van der Waals surface area contributed by atoms with Gasteiger partial charge < -0.3 is 19.6 Å². The zero-order valence-corrected chi connectivity index (χ0v) is 16.3. The molecule has 1 N–H and O–H groups in total. The summed E-state index contributed by atoms with van der Waals surface area (Å²) in [4.78, 5) is 26.3. The van der Waals surface area contributed by atoms with Crippen molar-refractivity contribution in [3.05, 3.63) is 47.3 Å². The molecule has 0 unspecified atom stereocenters. The van der Waals surface area contributed by atoms with Crippen molar-refractivity contribution in [3.63, 3.8) is 0 Å². The summed E-state index contributed by atoms with van der Waals surface area (Å²) < 4.78 is 5.96. The molecule has 0 aliphatic carbocycles. The van der Waals surface area contributed by atoms with Gasteiger partial charge in [0.05, 0.1) is 11.3 Å². The average molecular weight is 384 g/mol. The molecule has 1 aromatic heterocycles. The standard InChI is InChI=1S/C20H24N4O4/c1-13-4-6-16(7-5-13)15(3)23-28-19-14(2)18(21-12-22-19)27-17-8-10-24(11-9-17)20(25)26/h4-7,12,17H,8-11H2,1-3H3,(H,25,26). The van der Waals surface area contributed by atoms with Gasteiger partial charge in [0.1, 0.15) is 12.4 Å². The number of benzene rings is 1. The Hall–Kier alpha value is -3.16. The molecule has 8 nitrogen and oxygen atoms in total. The van der Waals surface area contributed by atoms with E-state index in [0.29, 0.717) is 43.3 Å². The number of aromatic nitrogens is 2. The number of likely N-dealkylation sites (tertiary alicyclic amines) is 1. The van der Waals surface area contributed by atoms with Crippen LogP contribution in [0.1, 0.15) is 36.5 Å². The zero-order chi connectivity index (χ0) is 20.1. The van der Waals surface area contributed by atoms with Crippen LogP contribution in [0.15, 0.2) is 35.7 Å². The van der Waals surface area contributed by atoms with Crippen LogP contribution in [0.2, 0.25) is 0 Å². The third-order valence-electron chi connectivity index (χ3n) is 4.72. The van der Waals surface area contributed by atoms with E-state index < -0.39 is 6.09 Å². The van der Waals surface area contributed by atoms with Crippen LogP contribution in [0, 0.1) is 13.8 Å². The minimum Gasteiger partial charge on any atom is -0.474 e. The summed E-state index contributed by atoms with van der Waals surface area (Å²) in [5.74, 6) is 0.765. The quantitative estimate of drug-likeness (QED) is 0.627. The number of oxime groups is 1. The van der Waals surface area contributed by atoms with Gasteiger partial charge in [-0.15, -0.1) is 0 Å². The maximum Gasteiger partial charge on any atom is 0.407 e. The number of aryl methyl sites for hydroxylation is 1. The maximum absolute atomic E-state index is 11.0. The largest absolute Gasteiger partial charge is 0.474 e. The van der Waals surface area contributed by atoms with Gasteiger partial charge in [-0.05, 0) is 26.3 Å². The van der Waals surface area contributed by atoms with Gasteiger partial charge in [-0.2, -0.15) is 4.98 Å². The first kappa shape index (κ1) is 19.6. The van der Waals surface area contributed by atoms with Gasteiger partial charge in [-0.1, -0.05) is 35.0 Å². The molecule has 1 aliphatic rings. The van der Waals surface area contributed by atoms with Crippen LogP contribution in [-0.4, -0.2) is 51.0 Å². The normalized spacial score (nSPS) is 15.4.